The lowest BCUT2D eigenvalue weighted by Crippen LogP contribution is -2.48. The van der Waals surface area contributed by atoms with Gasteiger partial charge in [-0.1, -0.05) is 56.3 Å². The highest BCUT2D eigenvalue weighted by molar-refractivity contribution is 5.91. The summed E-state index contributed by atoms with van der Waals surface area (Å²) >= 11 is 0. The summed E-state index contributed by atoms with van der Waals surface area (Å²) in [5.74, 6) is -1.72. The zero-order valence-corrected chi connectivity index (χ0v) is 22.0. The Morgan fingerprint density at radius 1 is 1.21 bits per heavy atom. The molecule has 0 unspecified atom stereocenters. The van der Waals surface area contributed by atoms with E-state index in [4.69, 9.17) is 9.26 Å². The fourth-order valence-corrected chi connectivity index (χ4v) is 4.87. The number of amides is 2. The smallest absolute Gasteiger partial charge is 0.254 e. The lowest BCUT2D eigenvalue weighted by molar-refractivity contribution is -0.141. The van der Waals surface area contributed by atoms with Gasteiger partial charge in [0.2, 0.25) is 11.8 Å². The molecule has 9 nitrogen and oxygen atoms in total. The number of nitrogens with one attached hydrogen (secondary N) is 1. The average Bonchev–Trinajstić information content (AvgIpc) is 3.54. The monoisotopic (exact) mass is 537 g/mol. The molecule has 1 saturated heterocycles. The van der Waals surface area contributed by atoms with Gasteiger partial charge in [-0.3, -0.25) is 14.4 Å². The van der Waals surface area contributed by atoms with Gasteiger partial charge in [0.1, 0.15) is 24.4 Å². The molecule has 0 bridgehead atoms. The van der Waals surface area contributed by atoms with Crippen LogP contribution in [0.1, 0.15) is 50.5 Å². The van der Waals surface area contributed by atoms with Gasteiger partial charge in [0, 0.05) is 24.6 Å². The minimum absolute atomic E-state index is 0.00843. The maximum Gasteiger partial charge on any atom is 0.254 e. The number of β-amino-alcohol motifs (C(OH)–C–C–N with tert-alkyl or cyclic N) is 1. The third kappa shape index (κ3) is 6.34. The number of aliphatic hydroxyl groups excluding tert-OH is 1. The number of hydrogen-bond donors (Lipinski definition) is 2. The van der Waals surface area contributed by atoms with Crippen molar-refractivity contribution >= 4 is 18.1 Å². The van der Waals surface area contributed by atoms with Gasteiger partial charge in [-0.05, 0) is 35.2 Å². The van der Waals surface area contributed by atoms with Gasteiger partial charge in [-0.2, -0.15) is 0 Å². The fourth-order valence-electron chi connectivity index (χ4n) is 4.87. The van der Waals surface area contributed by atoms with Crippen molar-refractivity contribution < 1.29 is 33.1 Å². The highest BCUT2D eigenvalue weighted by Crippen LogP contribution is 2.32. The van der Waals surface area contributed by atoms with Crippen molar-refractivity contribution in [2.45, 2.75) is 51.3 Å². The summed E-state index contributed by atoms with van der Waals surface area (Å²) in [6, 6.07) is 13.9. The Morgan fingerprint density at radius 2 is 1.92 bits per heavy atom. The molecule has 2 heterocycles. The molecule has 1 fully saturated rings. The molecule has 2 N–H and O–H groups in total. The van der Waals surface area contributed by atoms with Crippen molar-refractivity contribution in [1.29, 1.82) is 0 Å². The topological polar surface area (TPSA) is 122 Å². The summed E-state index contributed by atoms with van der Waals surface area (Å²) in [6.07, 6.45) is -0.174. The van der Waals surface area contributed by atoms with Crippen LogP contribution in [0.4, 0.5) is 4.39 Å². The quantitative estimate of drug-likeness (QED) is 0.379. The first-order valence-electron chi connectivity index (χ1n) is 12.9. The van der Waals surface area contributed by atoms with Gasteiger partial charge in [0.05, 0.1) is 12.1 Å². The van der Waals surface area contributed by atoms with E-state index in [2.05, 4.69) is 10.5 Å². The number of rotatable bonds is 10. The molecule has 3 aromatic rings. The van der Waals surface area contributed by atoms with Crippen LogP contribution in [0.3, 0.4) is 0 Å². The number of halogens is 1. The average molecular weight is 538 g/mol. The molecule has 4 atom stereocenters. The maximum atomic E-state index is 14.1. The maximum absolute atomic E-state index is 14.1. The molecule has 1 aliphatic heterocycles. The number of ether oxygens (including phenoxy) is 1. The van der Waals surface area contributed by atoms with Crippen LogP contribution in [0.5, 0.6) is 5.88 Å². The Bertz CT molecular complexity index is 1310. The number of benzene rings is 2. The van der Waals surface area contributed by atoms with Crippen molar-refractivity contribution in [2.75, 3.05) is 13.2 Å². The zero-order valence-electron chi connectivity index (χ0n) is 22.0. The van der Waals surface area contributed by atoms with E-state index in [1.54, 1.807) is 30.3 Å². The molecule has 2 amide bonds. The van der Waals surface area contributed by atoms with Gasteiger partial charge in [-0.15, -0.1) is 0 Å². The summed E-state index contributed by atoms with van der Waals surface area (Å²) in [5, 5.41) is 17.1. The van der Waals surface area contributed by atoms with Crippen molar-refractivity contribution in [3.8, 4) is 17.0 Å². The molecule has 0 saturated carbocycles. The third-order valence-electron chi connectivity index (χ3n) is 6.86. The van der Waals surface area contributed by atoms with Crippen LogP contribution in [-0.2, 0) is 14.4 Å². The van der Waals surface area contributed by atoms with Crippen LogP contribution in [0.15, 0.2) is 59.1 Å². The third-order valence-corrected chi connectivity index (χ3v) is 6.86. The van der Waals surface area contributed by atoms with E-state index in [1.807, 2.05) is 32.9 Å². The minimum atomic E-state index is -0.873. The predicted molar refractivity (Wildman–Crippen MR) is 140 cm³/mol. The lowest BCUT2D eigenvalue weighted by Gasteiger charge is -2.29. The van der Waals surface area contributed by atoms with Crippen LogP contribution in [0.2, 0.25) is 0 Å². The van der Waals surface area contributed by atoms with Gasteiger partial charge in [0.15, 0.2) is 12.0 Å². The van der Waals surface area contributed by atoms with Crippen molar-refractivity contribution in [3.63, 3.8) is 0 Å². The standard InChI is InChI=1S/C29H32FN3O6/c1-17(2)27(25-15-26(32-39-25)38-13-12-34)29(37)33-16-21(35)14-24(33)28(36)31-18(3)19-8-10-20(11-9-19)22-6-4-5-7-23(22)30/h4-12,15,17-18,21,24,27,35H,13-14,16H2,1-3H3,(H,31,36)/t18-,21+,24-,27+/m0/s1. The van der Waals surface area contributed by atoms with Gasteiger partial charge in [-0.25, -0.2) is 4.39 Å². The number of carbonyl (C=O) groups is 3. The molecule has 206 valence electrons. The zero-order chi connectivity index (χ0) is 28.1. The number of aldehydes is 1. The molecule has 1 aromatic heterocycles. The van der Waals surface area contributed by atoms with Gasteiger partial charge >= 0.3 is 0 Å². The van der Waals surface area contributed by atoms with Crippen LogP contribution >= 0.6 is 0 Å². The van der Waals surface area contributed by atoms with Crippen molar-refractivity contribution in [1.82, 2.24) is 15.4 Å². The molecule has 10 heteroatoms. The first kappa shape index (κ1) is 28.0. The Labute approximate surface area is 225 Å². The molecule has 0 radical (unpaired) electrons. The number of carbonyl (C=O) groups excluding carboxylic acids is 3. The van der Waals surface area contributed by atoms with Crippen molar-refractivity contribution in [3.05, 3.63) is 71.7 Å². The van der Waals surface area contributed by atoms with E-state index in [-0.39, 0.29) is 54.8 Å². The van der Waals surface area contributed by atoms with E-state index < -0.39 is 24.1 Å². The van der Waals surface area contributed by atoms with E-state index in [9.17, 15) is 23.9 Å². The van der Waals surface area contributed by atoms with Crippen molar-refractivity contribution in [2.24, 2.45) is 5.92 Å². The Balaban J connectivity index is 1.47. The fraction of sp³-hybridized carbons (Fsp3) is 0.379. The van der Waals surface area contributed by atoms with Crippen LogP contribution in [-0.4, -0.2) is 58.6 Å². The van der Waals surface area contributed by atoms with Gasteiger partial charge < -0.3 is 24.6 Å². The number of hydrogen-bond acceptors (Lipinski definition) is 7. The van der Waals surface area contributed by atoms with Crippen LogP contribution in [0.25, 0.3) is 11.1 Å². The predicted octanol–water partition coefficient (Wildman–Crippen LogP) is 3.64. The second kappa shape index (κ2) is 12.2. The molecular weight excluding hydrogens is 505 g/mol. The molecule has 0 aliphatic carbocycles. The SMILES string of the molecule is CC(C)[C@@H](C(=O)N1C[C@H](O)C[C@H]1C(=O)N[C@@H](C)c1ccc(-c2ccccc2F)cc1)c1cc(OCC=O)no1. The summed E-state index contributed by atoms with van der Waals surface area (Å²) in [4.78, 5) is 38.9. The summed E-state index contributed by atoms with van der Waals surface area (Å²) < 4.78 is 24.6. The molecule has 2 aromatic carbocycles. The normalized spacial score (nSPS) is 18.6. The van der Waals surface area contributed by atoms with E-state index in [1.165, 1.54) is 17.0 Å². The van der Waals surface area contributed by atoms with E-state index >= 15 is 0 Å². The molecule has 1 aliphatic rings. The minimum Gasteiger partial charge on any atom is -0.468 e. The highest BCUT2D eigenvalue weighted by atomic mass is 19.1. The number of likely N-dealkylation sites (tertiary alicyclic amines) is 1. The Morgan fingerprint density at radius 3 is 2.59 bits per heavy atom. The largest absolute Gasteiger partial charge is 0.468 e. The summed E-state index contributed by atoms with van der Waals surface area (Å²) in [5.41, 5.74) is 2.02. The summed E-state index contributed by atoms with van der Waals surface area (Å²) in [7, 11) is 0. The Hall–Kier alpha value is -4.05. The number of aliphatic hydroxyl groups is 1. The second-order valence-electron chi connectivity index (χ2n) is 9.99. The molecule has 0 spiro atoms. The molecule has 39 heavy (non-hydrogen) atoms. The highest BCUT2D eigenvalue weighted by Gasteiger charge is 2.43. The first-order valence-corrected chi connectivity index (χ1v) is 12.9. The number of nitrogens with zero attached hydrogens (tertiary/aromatic N) is 2. The van der Waals surface area contributed by atoms with Crippen LogP contribution < -0.4 is 10.1 Å². The van der Waals surface area contributed by atoms with E-state index in [0.29, 0.717) is 11.8 Å². The van der Waals surface area contributed by atoms with Crippen LogP contribution in [0, 0.1) is 11.7 Å². The van der Waals surface area contributed by atoms with E-state index in [0.717, 1.165) is 11.1 Å². The first-order chi connectivity index (χ1) is 18.7. The lowest BCUT2D eigenvalue weighted by atomic mass is 9.91. The number of aromatic nitrogens is 1. The molecular formula is C29H32FN3O6. The molecule has 4 rings (SSSR count). The van der Waals surface area contributed by atoms with Gasteiger partial charge in [0.25, 0.3) is 5.88 Å². The summed E-state index contributed by atoms with van der Waals surface area (Å²) in [6.45, 7) is 5.31. The second-order valence-corrected chi connectivity index (χ2v) is 9.99. The Kier molecular flexibility index (Phi) is 8.75.